The van der Waals surface area contributed by atoms with Crippen LogP contribution in [0.1, 0.15) is 88.2 Å². The molecule has 44 heavy (non-hydrogen) atoms. The molecule has 1 heteroatoms. The highest BCUT2D eigenvalue weighted by Gasteiger charge is 2.61. The standard InChI is InChI=1S/C43H56Si/c1-32(31-44(2,3)37-21-11-6-12-22-37)29-33-27-28-36(30-33)43(34-17-7-4-8-18-34,35-19-9-5-10-20-35)42-40-25-15-13-23-38(40)39-24-14-16-26-41(39)42/h4-12,17-22,33,36,38-42H,1,13-16,23-31H2,2-3H3. The summed E-state index contributed by atoms with van der Waals surface area (Å²) in [5.74, 6) is 5.97. The Bertz CT molecular complexity index is 1310. The second-order valence-corrected chi connectivity index (χ2v) is 20.8. The molecule has 0 amide bonds. The van der Waals surface area contributed by atoms with Gasteiger partial charge in [-0.05, 0) is 110 Å². The van der Waals surface area contributed by atoms with Gasteiger partial charge in [0.25, 0.3) is 0 Å². The maximum absolute atomic E-state index is 4.75. The third kappa shape index (κ3) is 5.50. The molecule has 7 rings (SSSR count). The second-order valence-electron chi connectivity index (χ2n) is 16.1. The van der Waals surface area contributed by atoms with E-state index in [1.54, 1.807) is 16.3 Å². The van der Waals surface area contributed by atoms with Crippen molar-refractivity contribution in [1.29, 1.82) is 0 Å². The van der Waals surface area contributed by atoms with Crippen LogP contribution in [0.15, 0.2) is 103 Å². The minimum atomic E-state index is -1.53. The Labute approximate surface area is 269 Å². The largest absolute Gasteiger partial charge is 0.100 e. The van der Waals surface area contributed by atoms with Gasteiger partial charge >= 0.3 is 0 Å². The quantitative estimate of drug-likeness (QED) is 0.169. The lowest BCUT2D eigenvalue weighted by molar-refractivity contribution is 0.0948. The van der Waals surface area contributed by atoms with Gasteiger partial charge in [0.1, 0.15) is 0 Å². The van der Waals surface area contributed by atoms with Gasteiger partial charge in [0.05, 0.1) is 8.07 Å². The highest BCUT2D eigenvalue weighted by Crippen LogP contribution is 2.67. The monoisotopic (exact) mass is 600 g/mol. The molecular formula is C43H56Si. The Hall–Kier alpha value is -2.38. The van der Waals surface area contributed by atoms with Crippen molar-refractivity contribution in [3.05, 3.63) is 114 Å². The van der Waals surface area contributed by atoms with E-state index in [4.69, 9.17) is 6.58 Å². The summed E-state index contributed by atoms with van der Waals surface area (Å²) >= 11 is 0. The molecule has 6 atom stereocenters. The maximum Gasteiger partial charge on any atom is 0.0845 e. The van der Waals surface area contributed by atoms with E-state index >= 15 is 0 Å². The predicted octanol–water partition coefficient (Wildman–Crippen LogP) is 11.2. The first-order valence-electron chi connectivity index (χ1n) is 18.3. The zero-order chi connectivity index (χ0) is 30.1. The first kappa shape index (κ1) is 30.3. The molecule has 3 aromatic rings. The summed E-state index contributed by atoms with van der Waals surface area (Å²) < 4.78 is 0. The van der Waals surface area contributed by atoms with Crippen LogP contribution in [0.5, 0.6) is 0 Å². The minimum absolute atomic E-state index is 0.119. The molecule has 0 heterocycles. The van der Waals surface area contributed by atoms with E-state index in [1.807, 2.05) is 0 Å². The fourth-order valence-corrected chi connectivity index (χ4v) is 14.5. The molecule has 3 aromatic carbocycles. The Balaban J connectivity index is 1.24. The lowest BCUT2D eigenvalue weighted by Gasteiger charge is -2.51. The van der Waals surface area contributed by atoms with Crippen LogP contribution in [-0.4, -0.2) is 8.07 Å². The van der Waals surface area contributed by atoms with Gasteiger partial charge in [-0.25, -0.2) is 0 Å². The van der Waals surface area contributed by atoms with E-state index in [9.17, 15) is 0 Å². The normalized spacial score (nSPS) is 30.5. The average molecular weight is 601 g/mol. The van der Waals surface area contributed by atoms with Crippen LogP contribution in [-0.2, 0) is 5.41 Å². The predicted molar refractivity (Wildman–Crippen MR) is 191 cm³/mol. The SMILES string of the molecule is C=C(CC1CCC(C(c2ccccc2)(c2ccccc2)C2C3CCCCC3C3CCCCC32)C1)C[Si](C)(C)c1ccccc1. The number of hydrogen-bond donors (Lipinski definition) is 0. The Morgan fingerprint density at radius 1 is 0.636 bits per heavy atom. The van der Waals surface area contributed by atoms with Gasteiger partial charge < -0.3 is 0 Å². The van der Waals surface area contributed by atoms with E-state index in [1.165, 1.54) is 88.7 Å². The van der Waals surface area contributed by atoms with Gasteiger partial charge in [0, 0.05) is 5.41 Å². The first-order chi connectivity index (χ1) is 21.5. The molecule has 0 bridgehead atoms. The zero-order valence-electron chi connectivity index (χ0n) is 27.6. The van der Waals surface area contributed by atoms with E-state index < -0.39 is 8.07 Å². The highest BCUT2D eigenvalue weighted by molar-refractivity contribution is 6.90. The first-order valence-corrected chi connectivity index (χ1v) is 21.5. The third-order valence-electron chi connectivity index (χ3n) is 13.3. The number of rotatable bonds is 9. The molecule has 4 saturated carbocycles. The molecule has 4 aliphatic carbocycles. The van der Waals surface area contributed by atoms with Crippen molar-refractivity contribution in [3.63, 3.8) is 0 Å². The van der Waals surface area contributed by atoms with E-state index in [-0.39, 0.29) is 5.41 Å². The molecule has 4 fully saturated rings. The van der Waals surface area contributed by atoms with Gasteiger partial charge in [0.15, 0.2) is 0 Å². The molecule has 0 aromatic heterocycles. The summed E-state index contributed by atoms with van der Waals surface area (Å²) in [4.78, 5) is 0. The summed E-state index contributed by atoms with van der Waals surface area (Å²) in [6, 6.07) is 36.6. The van der Waals surface area contributed by atoms with Crippen LogP contribution >= 0.6 is 0 Å². The van der Waals surface area contributed by atoms with E-state index in [2.05, 4.69) is 104 Å². The smallest absolute Gasteiger partial charge is 0.0845 e. The molecule has 232 valence electrons. The molecule has 0 aliphatic heterocycles. The van der Waals surface area contributed by atoms with E-state index in [0.29, 0.717) is 5.92 Å². The Morgan fingerprint density at radius 2 is 1.11 bits per heavy atom. The maximum atomic E-state index is 4.75. The van der Waals surface area contributed by atoms with Crippen molar-refractivity contribution in [1.82, 2.24) is 0 Å². The van der Waals surface area contributed by atoms with Gasteiger partial charge in [-0.1, -0.05) is 141 Å². The number of benzene rings is 3. The molecule has 0 saturated heterocycles. The van der Waals surface area contributed by atoms with Crippen LogP contribution in [0.3, 0.4) is 0 Å². The van der Waals surface area contributed by atoms with Crippen LogP contribution < -0.4 is 5.19 Å². The summed E-state index contributed by atoms with van der Waals surface area (Å²) in [5, 5.41) is 1.57. The van der Waals surface area contributed by atoms with Crippen molar-refractivity contribution >= 4 is 13.3 Å². The topological polar surface area (TPSA) is 0 Å². The lowest BCUT2D eigenvalue weighted by Crippen LogP contribution is -2.48. The zero-order valence-corrected chi connectivity index (χ0v) is 28.6. The van der Waals surface area contributed by atoms with Crippen molar-refractivity contribution in [2.45, 2.75) is 102 Å². The lowest BCUT2D eigenvalue weighted by atomic mass is 9.52. The Kier molecular flexibility index (Phi) is 8.80. The van der Waals surface area contributed by atoms with Gasteiger partial charge in [0.2, 0.25) is 0 Å². The van der Waals surface area contributed by atoms with Crippen molar-refractivity contribution < 1.29 is 0 Å². The van der Waals surface area contributed by atoms with Crippen LogP contribution in [0.4, 0.5) is 0 Å². The third-order valence-corrected chi connectivity index (χ3v) is 16.5. The fourth-order valence-electron chi connectivity index (χ4n) is 11.8. The fraction of sp³-hybridized carbons (Fsp3) is 0.535. The molecular weight excluding hydrogens is 545 g/mol. The molecule has 0 radical (unpaired) electrons. The molecule has 6 unspecified atom stereocenters. The van der Waals surface area contributed by atoms with Crippen molar-refractivity contribution in [3.8, 4) is 0 Å². The van der Waals surface area contributed by atoms with Crippen LogP contribution in [0.25, 0.3) is 0 Å². The van der Waals surface area contributed by atoms with Crippen LogP contribution in [0, 0.1) is 41.4 Å². The molecule has 4 aliphatic rings. The van der Waals surface area contributed by atoms with Gasteiger partial charge in [-0.3, -0.25) is 0 Å². The number of allylic oxidation sites excluding steroid dienone is 1. The van der Waals surface area contributed by atoms with E-state index in [0.717, 1.165) is 35.5 Å². The van der Waals surface area contributed by atoms with Crippen molar-refractivity contribution in [2.24, 2.45) is 41.4 Å². The second kappa shape index (κ2) is 12.8. The van der Waals surface area contributed by atoms with Crippen molar-refractivity contribution in [2.75, 3.05) is 0 Å². The molecule has 0 nitrogen and oxygen atoms in total. The number of hydrogen-bond acceptors (Lipinski definition) is 0. The van der Waals surface area contributed by atoms with Crippen LogP contribution in [0.2, 0.25) is 19.1 Å². The minimum Gasteiger partial charge on any atom is -0.100 e. The average Bonchev–Trinajstić information content (AvgIpc) is 3.66. The summed E-state index contributed by atoms with van der Waals surface area (Å²) in [5.41, 5.74) is 4.90. The highest BCUT2D eigenvalue weighted by atomic mass is 28.3. The summed E-state index contributed by atoms with van der Waals surface area (Å²) in [6.45, 7) is 9.84. The summed E-state index contributed by atoms with van der Waals surface area (Å²) in [6.07, 6.45) is 17.1. The van der Waals surface area contributed by atoms with Gasteiger partial charge in [-0.2, -0.15) is 0 Å². The molecule has 0 spiro atoms. The summed E-state index contributed by atoms with van der Waals surface area (Å²) in [7, 11) is -1.53. The number of fused-ring (bicyclic) bond motifs is 3. The van der Waals surface area contributed by atoms with Gasteiger partial charge in [-0.15, -0.1) is 6.58 Å². The Morgan fingerprint density at radius 3 is 1.64 bits per heavy atom. The molecule has 0 N–H and O–H groups in total.